The van der Waals surface area contributed by atoms with Gasteiger partial charge in [-0.1, -0.05) is 0 Å². The van der Waals surface area contributed by atoms with Crippen LogP contribution in [0.4, 0.5) is 0 Å². The van der Waals surface area contributed by atoms with Gasteiger partial charge in [0.05, 0.1) is 12.7 Å². The van der Waals surface area contributed by atoms with E-state index in [-0.39, 0.29) is 17.4 Å². The highest BCUT2D eigenvalue weighted by atomic mass is 16.5. The van der Waals surface area contributed by atoms with Crippen LogP contribution in [-0.4, -0.2) is 54.4 Å². The largest absolute Gasteiger partial charge is 0.380 e. The summed E-state index contributed by atoms with van der Waals surface area (Å²) in [4.78, 5) is 14.9. The van der Waals surface area contributed by atoms with Gasteiger partial charge >= 0.3 is 0 Å². The first-order valence-electron chi connectivity index (χ1n) is 9.28. The number of hydrogen-bond donors (Lipinski definition) is 0. The molecule has 1 aromatic heterocycles. The van der Waals surface area contributed by atoms with Gasteiger partial charge in [-0.25, -0.2) is 0 Å². The molecule has 2 atom stereocenters. The number of rotatable bonds is 5. The first kappa shape index (κ1) is 16.2. The smallest absolute Gasteiger partial charge is 0.270 e. The number of nitrogens with zero attached hydrogens (tertiary/aromatic N) is 2. The monoisotopic (exact) mass is 332 g/mol. The molecule has 3 fully saturated rings. The Morgan fingerprint density at radius 1 is 1.42 bits per heavy atom. The maximum absolute atomic E-state index is 12.9. The Morgan fingerprint density at radius 3 is 3.04 bits per heavy atom. The Hall–Kier alpha value is -1.33. The standard InChI is InChI=1S/C19H28N2O3/c1-20-9-2-4-16(20)18(22)21-10-7-17-19(13-21,8-3-11-24-17)14-23-12-15-5-6-15/h2,4,9,15,17H,3,5-8,10-14H2,1H3. The summed E-state index contributed by atoms with van der Waals surface area (Å²) in [5, 5.41) is 0. The molecule has 1 saturated carbocycles. The van der Waals surface area contributed by atoms with E-state index >= 15 is 0 Å². The van der Waals surface area contributed by atoms with Crippen molar-refractivity contribution in [2.75, 3.05) is 32.9 Å². The van der Waals surface area contributed by atoms with Gasteiger partial charge in [-0.05, 0) is 50.2 Å². The van der Waals surface area contributed by atoms with Crippen LogP contribution in [0.3, 0.4) is 0 Å². The maximum Gasteiger partial charge on any atom is 0.270 e. The van der Waals surface area contributed by atoms with E-state index in [9.17, 15) is 4.79 Å². The van der Waals surface area contributed by atoms with Gasteiger partial charge in [-0.15, -0.1) is 0 Å². The number of piperidine rings is 1. The van der Waals surface area contributed by atoms with Gasteiger partial charge in [-0.2, -0.15) is 0 Å². The molecule has 0 bridgehead atoms. The van der Waals surface area contributed by atoms with Crippen LogP contribution >= 0.6 is 0 Å². The SMILES string of the molecule is Cn1cccc1C(=O)N1CCC2OCCCC2(COCC2CC2)C1. The number of hydrogen-bond acceptors (Lipinski definition) is 3. The van der Waals surface area contributed by atoms with Gasteiger partial charge in [-0.3, -0.25) is 4.79 Å². The summed E-state index contributed by atoms with van der Waals surface area (Å²) in [7, 11) is 1.93. The number of aryl methyl sites for hydroxylation is 1. The molecule has 0 N–H and O–H groups in total. The zero-order valence-corrected chi connectivity index (χ0v) is 14.6. The van der Waals surface area contributed by atoms with Crippen molar-refractivity contribution in [3.8, 4) is 0 Å². The van der Waals surface area contributed by atoms with Crippen LogP contribution < -0.4 is 0 Å². The summed E-state index contributed by atoms with van der Waals surface area (Å²) in [5.74, 6) is 0.905. The van der Waals surface area contributed by atoms with E-state index in [1.165, 1.54) is 12.8 Å². The number of fused-ring (bicyclic) bond motifs is 1. The zero-order valence-electron chi connectivity index (χ0n) is 14.6. The van der Waals surface area contributed by atoms with E-state index in [0.29, 0.717) is 0 Å². The molecular formula is C19H28N2O3. The van der Waals surface area contributed by atoms with E-state index < -0.39 is 0 Å². The minimum absolute atomic E-state index is 0.0216. The highest BCUT2D eigenvalue weighted by Crippen LogP contribution is 2.41. The lowest BCUT2D eigenvalue weighted by Crippen LogP contribution is -2.58. The van der Waals surface area contributed by atoms with Crippen molar-refractivity contribution >= 4 is 5.91 Å². The Morgan fingerprint density at radius 2 is 2.29 bits per heavy atom. The van der Waals surface area contributed by atoms with Crippen LogP contribution in [0.2, 0.25) is 0 Å². The lowest BCUT2D eigenvalue weighted by Gasteiger charge is -2.50. The van der Waals surface area contributed by atoms with Gasteiger partial charge in [0.1, 0.15) is 5.69 Å². The lowest BCUT2D eigenvalue weighted by atomic mass is 9.73. The van der Waals surface area contributed by atoms with Crippen molar-refractivity contribution in [3.63, 3.8) is 0 Å². The van der Waals surface area contributed by atoms with Crippen molar-refractivity contribution in [1.29, 1.82) is 0 Å². The fourth-order valence-corrected chi connectivity index (χ4v) is 4.23. The summed E-state index contributed by atoms with van der Waals surface area (Å²) < 4.78 is 14.1. The van der Waals surface area contributed by atoms with E-state index in [1.54, 1.807) is 0 Å². The number of amides is 1. The van der Waals surface area contributed by atoms with Crippen LogP contribution in [-0.2, 0) is 16.5 Å². The first-order valence-corrected chi connectivity index (χ1v) is 9.28. The number of carbonyl (C=O) groups excluding carboxylic acids is 1. The van der Waals surface area contributed by atoms with Crippen molar-refractivity contribution in [1.82, 2.24) is 9.47 Å². The predicted octanol–water partition coefficient (Wildman–Crippen LogP) is 2.46. The maximum atomic E-state index is 12.9. The van der Waals surface area contributed by atoms with Crippen molar-refractivity contribution in [2.24, 2.45) is 18.4 Å². The minimum atomic E-state index is -0.0216. The fraction of sp³-hybridized carbons (Fsp3) is 0.737. The Bertz CT molecular complexity index is 595. The van der Waals surface area contributed by atoms with Crippen molar-refractivity contribution in [3.05, 3.63) is 24.0 Å². The Balaban J connectivity index is 1.47. The molecule has 2 saturated heterocycles. The highest BCUT2D eigenvalue weighted by Gasteiger charge is 2.47. The molecule has 1 amide bonds. The van der Waals surface area contributed by atoms with Crippen LogP contribution in [0, 0.1) is 11.3 Å². The van der Waals surface area contributed by atoms with Gasteiger partial charge in [0.15, 0.2) is 0 Å². The molecular weight excluding hydrogens is 304 g/mol. The molecule has 5 heteroatoms. The molecule has 0 aromatic carbocycles. The second-order valence-corrected chi connectivity index (χ2v) is 7.80. The second kappa shape index (κ2) is 6.52. The lowest BCUT2D eigenvalue weighted by molar-refractivity contribution is -0.147. The van der Waals surface area contributed by atoms with Gasteiger partial charge < -0.3 is 18.9 Å². The molecule has 0 radical (unpaired) electrons. The summed E-state index contributed by atoms with van der Waals surface area (Å²) in [6, 6.07) is 3.83. The topological polar surface area (TPSA) is 43.7 Å². The molecule has 3 aliphatic rings. The van der Waals surface area contributed by atoms with Gasteiger partial charge in [0.2, 0.25) is 0 Å². The summed E-state index contributed by atoms with van der Waals surface area (Å²) in [6.07, 6.45) is 7.87. The average molecular weight is 332 g/mol. The molecule has 132 valence electrons. The second-order valence-electron chi connectivity index (χ2n) is 7.80. The summed E-state index contributed by atoms with van der Waals surface area (Å²) in [5.41, 5.74) is 0.742. The van der Waals surface area contributed by atoms with E-state index in [0.717, 1.165) is 63.8 Å². The highest BCUT2D eigenvalue weighted by molar-refractivity contribution is 5.92. The molecule has 2 aliphatic heterocycles. The number of aromatic nitrogens is 1. The third-order valence-electron chi connectivity index (χ3n) is 5.88. The molecule has 24 heavy (non-hydrogen) atoms. The molecule has 4 rings (SSSR count). The van der Waals surface area contributed by atoms with Crippen LogP contribution in [0.15, 0.2) is 18.3 Å². The van der Waals surface area contributed by atoms with Crippen molar-refractivity contribution < 1.29 is 14.3 Å². The number of likely N-dealkylation sites (tertiary alicyclic amines) is 1. The molecule has 5 nitrogen and oxygen atoms in total. The molecule has 0 spiro atoms. The fourth-order valence-electron chi connectivity index (χ4n) is 4.23. The Kier molecular flexibility index (Phi) is 4.39. The first-order chi connectivity index (χ1) is 11.7. The van der Waals surface area contributed by atoms with E-state index in [4.69, 9.17) is 9.47 Å². The number of ether oxygens (including phenoxy) is 2. The van der Waals surface area contributed by atoms with E-state index in [2.05, 4.69) is 0 Å². The van der Waals surface area contributed by atoms with E-state index in [1.807, 2.05) is 34.8 Å². The Labute approximate surface area is 143 Å². The van der Waals surface area contributed by atoms with Crippen LogP contribution in [0.5, 0.6) is 0 Å². The molecule has 2 unspecified atom stereocenters. The quantitative estimate of drug-likeness (QED) is 0.832. The number of carbonyl (C=O) groups is 1. The molecule has 3 heterocycles. The zero-order chi connectivity index (χ0) is 16.6. The summed E-state index contributed by atoms with van der Waals surface area (Å²) in [6.45, 7) is 3.98. The third-order valence-corrected chi connectivity index (χ3v) is 5.88. The van der Waals surface area contributed by atoms with Crippen LogP contribution in [0.1, 0.15) is 42.6 Å². The van der Waals surface area contributed by atoms with Crippen LogP contribution in [0.25, 0.3) is 0 Å². The molecule has 1 aromatic rings. The van der Waals surface area contributed by atoms with Gasteiger partial charge in [0, 0.05) is 45.0 Å². The average Bonchev–Trinajstić information content (AvgIpc) is 3.32. The third kappa shape index (κ3) is 3.11. The predicted molar refractivity (Wildman–Crippen MR) is 90.9 cm³/mol. The van der Waals surface area contributed by atoms with Gasteiger partial charge in [0.25, 0.3) is 5.91 Å². The summed E-state index contributed by atoms with van der Waals surface area (Å²) >= 11 is 0. The normalized spacial score (nSPS) is 30.2. The molecule has 1 aliphatic carbocycles. The minimum Gasteiger partial charge on any atom is -0.380 e. The van der Waals surface area contributed by atoms with Crippen molar-refractivity contribution in [2.45, 2.75) is 38.2 Å².